The van der Waals surface area contributed by atoms with Crippen molar-refractivity contribution in [2.24, 2.45) is 23.2 Å². The van der Waals surface area contributed by atoms with Crippen LogP contribution < -0.4 is 0 Å². The highest BCUT2D eigenvalue weighted by Gasteiger charge is 2.64. The molecule has 1 heterocycles. The first-order chi connectivity index (χ1) is 9.33. The number of aliphatic hydroxyl groups is 2. The van der Waals surface area contributed by atoms with Crippen LogP contribution in [0, 0.1) is 23.2 Å². The molecule has 7 unspecified atom stereocenters. The fourth-order valence-corrected chi connectivity index (χ4v) is 5.02. The maximum absolute atomic E-state index is 11.0. The van der Waals surface area contributed by atoms with Crippen molar-refractivity contribution in [3.05, 3.63) is 11.6 Å². The molecule has 7 atom stereocenters. The van der Waals surface area contributed by atoms with Gasteiger partial charge in [0, 0.05) is 25.4 Å². The number of allylic oxidation sites excluding steroid dienone is 1. The Balaban J connectivity index is 2.06. The van der Waals surface area contributed by atoms with Crippen LogP contribution in [0.1, 0.15) is 40.0 Å². The van der Waals surface area contributed by atoms with E-state index >= 15 is 0 Å². The largest absolute Gasteiger partial charge is 0.389 e. The number of ether oxygens (including phenoxy) is 2. The van der Waals surface area contributed by atoms with Crippen molar-refractivity contribution in [3.63, 3.8) is 0 Å². The van der Waals surface area contributed by atoms with Gasteiger partial charge in [0.25, 0.3) is 0 Å². The third-order valence-corrected chi connectivity index (χ3v) is 6.10. The lowest BCUT2D eigenvalue weighted by Gasteiger charge is -2.54. The lowest BCUT2D eigenvalue weighted by molar-refractivity contribution is -0.274. The van der Waals surface area contributed by atoms with Crippen LogP contribution >= 0.6 is 0 Å². The molecule has 20 heavy (non-hydrogen) atoms. The van der Waals surface area contributed by atoms with E-state index in [2.05, 4.69) is 20.8 Å². The van der Waals surface area contributed by atoms with Crippen molar-refractivity contribution >= 4 is 0 Å². The number of methoxy groups -OCH3 is 1. The molecule has 0 bridgehead atoms. The van der Waals surface area contributed by atoms with Crippen molar-refractivity contribution in [2.45, 2.75) is 58.2 Å². The maximum atomic E-state index is 11.0. The van der Waals surface area contributed by atoms with E-state index in [0.29, 0.717) is 12.3 Å². The molecule has 0 amide bonds. The molecule has 4 heteroatoms. The van der Waals surface area contributed by atoms with Crippen LogP contribution in [0.3, 0.4) is 0 Å². The summed E-state index contributed by atoms with van der Waals surface area (Å²) < 4.78 is 11.3. The van der Waals surface area contributed by atoms with Gasteiger partial charge in [-0.3, -0.25) is 0 Å². The normalized spacial score (nSPS) is 55.1. The molecule has 114 valence electrons. The van der Waals surface area contributed by atoms with E-state index < -0.39 is 5.79 Å². The molecule has 3 rings (SSSR count). The molecule has 1 aliphatic heterocycles. The molecule has 2 N–H and O–H groups in total. The minimum atomic E-state index is -1.09. The Hall–Kier alpha value is -0.420. The number of hydrogen-bond acceptors (Lipinski definition) is 4. The van der Waals surface area contributed by atoms with Crippen LogP contribution in [0.2, 0.25) is 0 Å². The van der Waals surface area contributed by atoms with Gasteiger partial charge in [-0.05, 0) is 24.2 Å². The molecule has 2 aliphatic carbocycles. The maximum Gasteiger partial charge on any atom is 0.173 e. The first-order valence-corrected chi connectivity index (χ1v) is 7.65. The van der Waals surface area contributed by atoms with Crippen LogP contribution in [0.4, 0.5) is 0 Å². The van der Waals surface area contributed by atoms with Gasteiger partial charge in [-0.2, -0.15) is 0 Å². The second kappa shape index (κ2) is 4.54. The summed E-state index contributed by atoms with van der Waals surface area (Å²) in [6.45, 7) is 6.50. The molecule has 4 nitrogen and oxygen atoms in total. The summed E-state index contributed by atoms with van der Waals surface area (Å²) in [5.74, 6) is -0.627. The van der Waals surface area contributed by atoms with E-state index in [1.54, 1.807) is 7.11 Å². The monoisotopic (exact) mass is 282 g/mol. The molecule has 0 spiro atoms. The van der Waals surface area contributed by atoms with Crippen molar-refractivity contribution in [2.75, 3.05) is 7.11 Å². The second-order valence-corrected chi connectivity index (χ2v) is 7.08. The van der Waals surface area contributed by atoms with Crippen LogP contribution in [-0.2, 0) is 9.47 Å². The van der Waals surface area contributed by atoms with Crippen molar-refractivity contribution in [3.8, 4) is 0 Å². The summed E-state index contributed by atoms with van der Waals surface area (Å²) in [5.41, 5.74) is 1.16. The predicted molar refractivity (Wildman–Crippen MR) is 74.7 cm³/mol. The van der Waals surface area contributed by atoms with Gasteiger partial charge in [0.2, 0.25) is 0 Å². The van der Waals surface area contributed by atoms with Gasteiger partial charge in [-0.25, -0.2) is 0 Å². The van der Waals surface area contributed by atoms with E-state index in [-0.39, 0.29) is 29.6 Å². The molecule has 0 radical (unpaired) electrons. The van der Waals surface area contributed by atoms with Crippen LogP contribution in [0.15, 0.2) is 11.6 Å². The van der Waals surface area contributed by atoms with Crippen molar-refractivity contribution in [1.29, 1.82) is 0 Å². The fourth-order valence-electron chi connectivity index (χ4n) is 5.02. The molecule has 3 aliphatic rings. The Kier molecular flexibility index (Phi) is 3.29. The third kappa shape index (κ3) is 1.75. The minimum absolute atomic E-state index is 0.0162. The smallest absolute Gasteiger partial charge is 0.173 e. The number of hydrogen-bond donors (Lipinski definition) is 2. The van der Waals surface area contributed by atoms with E-state index in [0.717, 1.165) is 12.8 Å². The highest BCUT2D eigenvalue weighted by molar-refractivity contribution is 5.28. The topological polar surface area (TPSA) is 58.9 Å². The van der Waals surface area contributed by atoms with E-state index in [1.807, 2.05) is 6.08 Å². The fraction of sp³-hybridized carbons (Fsp3) is 0.875. The second-order valence-electron chi connectivity index (χ2n) is 7.08. The SMILES string of the molecule is COC1OC2(O)CCC3=CC(O)CC(C)C3(C)C2C1C. The Labute approximate surface area is 120 Å². The van der Waals surface area contributed by atoms with Gasteiger partial charge < -0.3 is 19.7 Å². The summed E-state index contributed by atoms with van der Waals surface area (Å²) in [6.07, 6.45) is 3.43. The lowest BCUT2D eigenvalue weighted by Crippen LogP contribution is -2.54. The molecule has 1 saturated heterocycles. The lowest BCUT2D eigenvalue weighted by atomic mass is 9.51. The van der Waals surface area contributed by atoms with Crippen LogP contribution in [0.25, 0.3) is 0 Å². The molecule has 0 aromatic rings. The van der Waals surface area contributed by atoms with Crippen molar-refractivity contribution in [1.82, 2.24) is 0 Å². The zero-order chi connectivity index (χ0) is 14.7. The summed E-state index contributed by atoms with van der Waals surface area (Å²) in [6, 6.07) is 0. The Bertz CT molecular complexity index is 434. The van der Waals surface area contributed by atoms with Gasteiger partial charge in [0.05, 0.1) is 6.10 Å². The first-order valence-electron chi connectivity index (χ1n) is 7.65. The summed E-state index contributed by atoms with van der Waals surface area (Å²) in [4.78, 5) is 0. The Morgan fingerprint density at radius 1 is 1.40 bits per heavy atom. The average Bonchev–Trinajstić information content (AvgIpc) is 2.64. The molecule has 0 aromatic carbocycles. The molecule has 1 saturated carbocycles. The van der Waals surface area contributed by atoms with Gasteiger partial charge in [0.1, 0.15) is 0 Å². The Morgan fingerprint density at radius 3 is 2.75 bits per heavy atom. The predicted octanol–water partition coefficient (Wildman–Crippen LogP) is 2.06. The van der Waals surface area contributed by atoms with Crippen LogP contribution in [-0.4, -0.2) is 35.5 Å². The summed E-state index contributed by atoms with van der Waals surface area (Å²) in [5, 5.41) is 21.0. The molecule has 0 aromatic heterocycles. The Morgan fingerprint density at radius 2 is 2.10 bits per heavy atom. The number of fused-ring (bicyclic) bond motifs is 3. The minimum Gasteiger partial charge on any atom is -0.389 e. The van der Waals surface area contributed by atoms with Crippen LogP contribution in [0.5, 0.6) is 0 Å². The van der Waals surface area contributed by atoms with E-state index in [1.165, 1.54) is 5.57 Å². The van der Waals surface area contributed by atoms with Gasteiger partial charge >= 0.3 is 0 Å². The number of aliphatic hydroxyl groups excluding tert-OH is 1. The third-order valence-electron chi connectivity index (χ3n) is 6.10. The highest BCUT2D eigenvalue weighted by atomic mass is 16.7. The van der Waals surface area contributed by atoms with Crippen molar-refractivity contribution < 1.29 is 19.7 Å². The molecular formula is C16H26O4. The molecule has 2 fully saturated rings. The van der Waals surface area contributed by atoms with Gasteiger partial charge in [-0.1, -0.05) is 32.4 Å². The summed E-state index contributed by atoms with van der Waals surface area (Å²) in [7, 11) is 1.63. The summed E-state index contributed by atoms with van der Waals surface area (Å²) >= 11 is 0. The zero-order valence-corrected chi connectivity index (χ0v) is 12.8. The quantitative estimate of drug-likeness (QED) is 0.723. The standard InChI is InChI=1S/C16H26O4/c1-9-7-12(17)8-11-5-6-16(18)13(15(9,11)3)10(2)14(19-4)20-16/h8-10,12-14,17-18H,5-7H2,1-4H3. The average molecular weight is 282 g/mol. The van der Waals surface area contributed by atoms with Gasteiger partial charge in [-0.15, -0.1) is 0 Å². The zero-order valence-electron chi connectivity index (χ0n) is 12.8. The van der Waals surface area contributed by atoms with Gasteiger partial charge in [0.15, 0.2) is 12.1 Å². The number of rotatable bonds is 1. The van der Waals surface area contributed by atoms with E-state index in [4.69, 9.17) is 9.47 Å². The van der Waals surface area contributed by atoms with E-state index in [9.17, 15) is 10.2 Å². The highest BCUT2D eigenvalue weighted by Crippen LogP contribution is 2.62. The molecular weight excluding hydrogens is 256 g/mol. The first kappa shape index (κ1) is 14.5.